The van der Waals surface area contributed by atoms with E-state index in [0.29, 0.717) is 5.82 Å². The molecule has 0 aliphatic heterocycles. The zero-order valence-corrected chi connectivity index (χ0v) is 9.31. The minimum Gasteiger partial charge on any atom is -0.213 e. The first-order chi connectivity index (χ1) is 6.81. The Morgan fingerprint density at radius 1 is 1.64 bits per heavy atom. The molecule has 0 amide bonds. The molecule has 0 aromatic carbocycles. The molecule has 0 radical (unpaired) electrons. The average molecular weight is 203 g/mol. The van der Waals surface area contributed by atoms with E-state index in [-0.39, 0.29) is 6.71 Å². The zero-order valence-electron chi connectivity index (χ0n) is 8.49. The normalized spacial score (nSPS) is 20.7. The van der Waals surface area contributed by atoms with Gasteiger partial charge in [0.2, 0.25) is 0 Å². The molecule has 0 bridgehead atoms. The van der Waals surface area contributed by atoms with Crippen molar-refractivity contribution < 1.29 is 0 Å². The van der Waals surface area contributed by atoms with Crippen LogP contribution >= 0.6 is 11.3 Å². The van der Waals surface area contributed by atoms with Gasteiger partial charge in [-0.15, -0.1) is 11.3 Å². The third-order valence-corrected chi connectivity index (χ3v) is 4.23. The second-order valence-electron chi connectivity index (χ2n) is 4.14. The predicted octanol–water partition coefficient (Wildman–Crippen LogP) is 3.18. The van der Waals surface area contributed by atoms with E-state index in [2.05, 4.69) is 24.2 Å². The lowest BCUT2D eigenvalue weighted by atomic mass is 9.42. The van der Waals surface area contributed by atoms with Crippen molar-refractivity contribution in [1.82, 2.24) is 0 Å². The van der Waals surface area contributed by atoms with Crippen LogP contribution in [0.3, 0.4) is 0 Å². The maximum atomic E-state index is 8.93. The predicted molar refractivity (Wildman–Crippen MR) is 61.9 cm³/mol. The monoisotopic (exact) mass is 203 g/mol. The summed E-state index contributed by atoms with van der Waals surface area (Å²) in [4.78, 5) is 1.55. The molecule has 0 saturated carbocycles. The van der Waals surface area contributed by atoms with Crippen molar-refractivity contribution in [1.29, 1.82) is 5.26 Å². The Hall–Kier alpha value is -0.745. The summed E-state index contributed by atoms with van der Waals surface area (Å²) in [5.41, 5.74) is 1.50. The molecule has 1 aliphatic carbocycles. The van der Waals surface area contributed by atoms with E-state index < -0.39 is 0 Å². The largest absolute Gasteiger partial charge is 0.268 e. The van der Waals surface area contributed by atoms with Crippen molar-refractivity contribution >= 4 is 18.0 Å². The van der Waals surface area contributed by atoms with Crippen LogP contribution in [-0.2, 0) is 12.8 Å². The molecule has 0 fully saturated rings. The molecule has 1 aromatic rings. The van der Waals surface area contributed by atoms with Gasteiger partial charge in [0.1, 0.15) is 0 Å². The third kappa shape index (κ3) is 1.86. The molecule has 0 N–H and O–H groups in total. The van der Waals surface area contributed by atoms with Crippen LogP contribution in [0, 0.1) is 11.2 Å². The molecule has 0 spiro atoms. The van der Waals surface area contributed by atoms with Crippen LogP contribution in [0.15, 0.2) is 11.4 Å². The summed E-state index contributed by atoms with van der Waals surface area (Å²) in [5.74, 6) is 2.97. The van der Waals surface area contributed by atoms with Crippen LogP contribution in [0.4, 0.5) is 0 Å². The average Bonchev–Trinajstić information content (AvgIpc) is 2.54. The number of hydrogen-bond donors (Lipinski definition) is 0. The first kappa shape index (κ1) is 9.80. The van der Waals surface area contributed by atoms with Crippen molar-refractivity contribution in [2.75, 3.05) is 0 Å². The van der Waals surface area contributed by atoms with E-state index in [1.54, 1.807) is 4.88 Å². The highest BCUT2D eigenvalue weighted by molar-refractivity contribution is 7.10. The van der Waals surface area contributed by atoms with Crippen molar-refractivity contribution in [3.05, 3.63) is 21.9 Å². The van der Waals surface area contributed by atoms with E-state index in [0.717, 1.165) is 6.42 Å². The minimum atomic E-state index is 0.209. The van der Waals surface area contributed by atoms with Gasteiger partial charge in [0.25, 0.3) is 6.71 Å². The maximum absolute atomic E-state index is 8.93. The fourth-order valence-corrected chi connectivity index (χ4v) is 3.17. The summed E-state index contributed by atoms with van der Waals surface area (Å²) in [7, 11) is 0. The maximum Gasteiger partial charge on any atom is 0.268 e. The van der Waals surface area contributed by atoms with Crippen LogP contribution in [0.1, 0.15) is 23.3 Å². The van der Waals surface area contributed by atoms with E-state index >= 15 is 0 Å². The Morgan fingerprint density at radius 3 is 3.29 bits per heavy atom. The standard InChI is InChI=1S/C11H14BNS/c1-12(8-13)10-3-2-4-11-9(7-10)5-6-14-11/h5-6,10H,2-4,7H2,1H3. The van der Waals surface area contributed by atoms with Gasteiger partial charge in [0.15, 0.2) is 0 Å². The summed E-state index contributed by atoms with van der Waals surface area (Å²) in [5, 5.41) is 11.1. The number of thiophene rings is 1. The molecular weight excluding hydrogens is 189 g/mol. The van der Waals surface area contributed by atoms with Crippen molar-refractivity contribution in [3.8, 4) is 5.97 Å². The van der Waals surface area contributed by atoms with E-state index in [9.17, 15) is 0 Å². The topological polar surface area (TPSA) is 23.8 Å². The molecule has 2 rings (SSSR count). The molecule has 3 heteroatoms. The lowest BCUT2D eigenvalue weighted by molar-refractivity contribution is 0.701. The lowest BCUT2D eigenvalue weighted by Gasteiger charge is -2.13. The van der Waals surface area contributed by atoms with Crippen LogP contribution < -0.4 is 0 Å². The van der Waals surface area contributed by atoms with Crippen LogP contribution in [-0.4, -0.2) is 6.71 Å². The first-order valence-corrected chi connectivity index (χ1v) is 6.14. The number of nitrogens with zero attached hydrogens (tertiary/aromatic N) is 1. The number of rotatable bonds is 1. The second kappa shape index (κ2) is 4.19. The van der Waals surface area contributed by atoms with Crippen LogP contribution in [0.2, 0.25) is 12.6 Å². The van der Waals surface area contributed by atoms with Crippen molar-refractivity contribution in [2.45, 2.75) is 38.3 Å². The molecule has 14 heavy (non-hydrogen) atoms. The SMILES string of the molecule is CB(C#N)C1CCCc2sccc2C1. The van der Waals surface area contributed by atoms with Gasteiger partial charge in [-0.05, 0) is 42.1 Å². The highest BCUT2D eigenvalue weighted by atomic mass is 32.1. The quantitative estimate of drug-likeness (QED) is 0.508. The Bertz CT molecular complexity index is 352. The molecule has 0 saturated heterocycles. The molecule has 1 aromatic heterocycles. The van der Waals surface area contributed by atoms with Crippen LogP contribution in [0.5, 0.6) is 0 Å². The number of fused-ring (bicyclic) bond motifs is 1. The van der Waals surface area contributed by atoms with Gasteiger partial charge in [-0.25, -0.2) is 5.26 Å². The number of aryl methyl sites for hydroxylation is 1. The zero-order chi connectivity index (χ0) is 9.97. The molecular formula is C11H14BNS. The third-order valence-electron chi connectivity index (χ3n) is 3.21. The Balaban J connectivity index is 2.16. The Labute approximate surface area is 89.8 Å². The minimum absolute atomic E-state index is 0.209. The van der Waals surface area contributed by atoms with Gasteiger partial charge in [-0.3, -0.25) is 0 Å². The van der Waals surface area contributed by atoms with E-state index in [4.69, 9.17) is 5.26 Å². The Morgan fingerprint density at radius 2 is 2.50 bits per heavy atom. The van der Waals surface area contributed by atoms with Gasteiger partial charge < -0.3 is 0 Å². The molecule has 1 atom stereocenters. The van der Waals surface area contributed by atoms with Gasteiger partial charge in [-0.1, -0.05) is 13.2 Å². The fraction of sp³-hybridized carbons (Fsp3) is 0.545. The second-order valence-corrected chi connectivity index (χ2v) is 5.14. The smallest absolute Gasteiger partial charge is 0.213 e. The Kier molecular flexibility index (Phi) is 2.93. The summed E-state index contributed by atoms with van der Waals surface area (Å²) in [6.07, 6.45) is 4.82. The van der Waals surface area contributed by atoms with Gasteiger partial charge in [-0.2, -0.15) is 0 Å². The molecule has 1 unspecified atom stereocenters. The lowest BCUT2D eigenvalue weighted by Crippen LogP contribution is -2.16. The summed E-state index contributed by atoms with van der Waals surface area (Å²) in [6, 6.07) is 2.24. The molecule has 1 nitrogen and oxygen atoms in total. The highest BCUT2D eigenvalue weighted by Crippen LogP contribution is 2.32. The molecule has 1 aliphatic rings. The fourth-order valence-electron chi connectivity index (χ4n) is 2.21. The van der Waals surface area contributed by atoms with Gasteiger partial charge in [0, 0.05) is 10.8 Å². The highest BCUT2D eigenvalue weighted by Gasteiger charge is 2.24. The summed E-state index contributed by atoms with van der Waals surface area (Å²) >= 11 is 1.88. The first-order valence-electron chi connectivity index (χ1n) is 5.26. The number of nitriles is 1. The van der Waals surface area contributed by atoms with E-state index in [1.165, 1.54) is 24.8 Å². The van der Waals surface area contributed by atoms with Crippen molar-refractivity contribution in [2.24, 2.45) is 0 Å². The van der Waals surface area contributed by atoms with Crippen molar-refractivity contribution in [3.63, 3.8) is 0 Å². The van der Waals surface area contributed by atoms with Gasteiger partial charge in [0.05, 0.1) is 0 Å². The summed E-state index contributed by atoms with van der Waals surface area (Å²) in [6.45, 7) is 2.27. The molecule has 1 heterocycles. The van der Waals surface area contributed by atoms with Gasteiger partial charge >= 0.3 is 0 Å². The summed E-state index contributed by atoms with van der Waals surface area (Å²) < 4.78 is 0. The number of hydrogen-bond acceptors (Lipinski definition) is 2. The molecule has 72 valence electrons. The van der Waals surface area contributed by atoms with E-state index in [1.807, 2.05) is 11.3 Å². The van der Waals surface area contributed by atoms with Crippen LogP contribution in [0.25, 0.3) is 0 Å².